The number of aryl methyl sites for hydroxylation is 1. The smallest absolute Gasteiger partial charge is 0.433 e. The average molecular weight is 289 g/mol. The molecule has 1 aliphatic rings. The molecule has 8 heteroatoms. The Hall–Kier alpha value is -1.86. The van der Waals surface area contributed by atoms with Gasteiger partial charge >= 0.3 is 12.1 Å². The van der Waals surface area contributed by atoms with Gasteiger partial charge in [0, 0.05) is 11.3 Å². The van der Waals surface area contributed by atoms with Crippen LogP contribution in [0.3, 0.4) is 0 Å². The van der Waals surface area contributed by atoms with Crippen LogP contribution in [-0.2, 0) is 23.8 Å². The summed E-state index contributed by atoms with van der Waals surface area (Å²) in [5.74, 6) is -1.46. The van der Waals surface area contributed by atoms with Crippen LogP contribution >= 0.6 is 0 Å². The van der Waals surface area contributed by atoms with Crippen molar-refractivity contribution in [3.05, 3.63) is 17.0 Å². The molecule has 0 aliphatic heterocycles. The van der Waals surface area contributed by atoms with Crippen LogP contribution < -0.4 is 5.32 Å². The zero-order valence-corrected chi connectivity index (χ0v) is 10.6. The number of anilines is 1. The third kappa shape index (κ3) is 3.37. The number of alkyl halides is 3. The van der Waals surface area contributed by atoms with Crippen LogP contribution in [0.25, 0.3) is 0 Å². The summed E-state index contributed by atoms with van der Waals surface area (Å²) in [6.07, 6.45) is -1.48. The molecule has 0 fully saturated rings. The number of nitrogens with zero attached hydrogens (tertiary/aromatic N) is 2. The quantitative estimate of drug-likeness (QED) is 0.835. The molecule has 0 unspecified atom stereocenters. The molecule has 0 saturated carbocycles. The zero-order chi connectivity index (χ0) is 14.8. The van der Waals surface area contributed by atoms with Crippen molar-refractivity contribution < 1.29 is 23.1 Å². The number of halogens is 3. The summed E-state index contributed by atoms with van der Waals surface area (Å²) >= 11 is 0. The molecule has 2 rings (SSSR count). The molecule has 0 bridgehead atoms. The van der Waals surface area contributed by atoms with Crippen LogP contribution in [0.5, 0.6) is 0 Å². The molecule has 1 aliphatic carbocycles. The average Bonchev–Trinajstić information content (AvgIpc) is 2.59. The summed E-state index contributed by atoms with van der Waals surface area (Å²) < 4.78 is 39.2. The monoisotopic (exact) mass is 289 g/mol. The summed E-state index contributed by atoms with van der Waals surface area (Å²) in [6.45, 7) is -0.518. The van der Waals surface area contributed by atoms with Gasteiger partial charge in [-0.15, -0.1) is 0 Å². The van der Waals surface area contributed by atoms with Gasteiger partial charge < -0.3 is 10.4 Å². The Balaban J connectivity index is 2.41. The second kappa shape index (κ2) is 5.64. The molecule has 110 valence electrons. The van der Waals surface area contributed by atoms with Gasteiger partial charge in [-0.25, -0.2) is 9.97 Å². The second-order valence-corrected chi connectivity index (χ2v) is 4.63. The minimum Gasteiger partial charge on any atom is -0.480 e. The Labute approximate surface area is 113 Å². The Morgan fingerprint density at radius 1 is 1.20 bits per heavy atom. The minimum absolute atomic E-state index is 0.149. The first-order chi connectivity index (χ1) is 9.38. The third-order valence-corrected chi connectivity index (χ3v) is 3.10. The molecule has 0 amide bonds. The lowest BCUT2D eigenvalue weighted by Gasteiger charge is -2.15. The van der Waals surface area contributed by atoms with E-state index in [1.54, 1.807) is 0 Å². The van der Waals surface area contributed by atoms with Gasteiger partial charge in [-0.2, -0.15) is 13.2 Å². The molecule has 0 radical (unpaired) electrons. The Kier molecular flexibility index (Phi) is 4.10. The second-order valence-electron chi connectivity index (χ2n) is 4.63. The van der Waals surface area contributed by atoms with E-state index in [2.05, 4.69) is 15.3 Å². The van der Waals surface area contributed by atoms with Crippen LogP contribution in [0.4, 0.5) is 19.1 Å². The van der Waals surface area contributed by atoms with Gasteiger partial charge in [0.15, 0.2) is 5.69 Å². The number of carboxylic acid groups (broad SMARTS) is 1. The SMILES string of the molecule is O=C(O)CNc1nc2c(c(C(F)(F)F)n1)CCCCC2. The van der Waals surface area contributed by atoms with Crippen molar-refractivity contribution >= 4 is 11.9 Å². The normalized spacial score (nSPS) is 15.3. The fraction of sp³-hybridized carbons (Fsp3) is 0.583. The highest BCUT2D eigenvalue weighted by Crippen LogP contribution is 2.34. The molecule has 1 heterocycles. The van der Waals surface area contributed by atoms with E-state index in [1.807, 2.05) is 0 Å². The number of hydrogen-bond acceptors (Lipinski definition) is 4. The number of aliphatic carboxylic acids is 1. The van der Waals surface area contributed by atoms with Crippen molar-refractivity contribution in [3.8, 4) is 0 Å². The van der Waals surface area contributed by atoms with Crippen molar-refractivity contribution in [2.45, 2.75) is 38.3 Å². The van der Waals surface area contributed by atoms with Gasteiger partial charge in [-0.05, 0) is 25.7 Å². The van der Waals surface area contributed by atoms with E-state index in [-0.39, 0.29) is 11.5 Å². The summed E-state index contributed by atoms with van der Waals surface area (Å²) in [6, 6.07) is 0. The van der Waals surface area contributed by atoms with E-state index < -0.39 is 24.4 Å². The van der Waals surface area contributed by atoms with Crippen LogP contribution in [0.1, 0.15) is 36.2 Å². The number of nitrogens with one attached hydrogen (secondary N) is 1. The first kappa shape index (κ1) is 14.5. The molecule has 0 saturated heterocycles. The molecule has 0 aromatic carbocycles. The van der Waals surface area contributed by atoms with Crippen LogP contribution in [-0.4, -0.2) is 27.6 Å². The molecule has 5 nitrogen and oxygen atoms in total. The van der Waals surface area contributed by atoms with Crippen molar-refractivity contribution in [2.24, 2.45) is 0 Å². The van der Waals surface area contributed by atoms with Gasteiger partial charge in [-0.1, -0.05) is 6.42 Å². The molecule has 20 heavy (non-hydrogen) atoms. The van der Waals surface area contributed by atoms with Crippen molar-refractivity contribution in [1.29, 1.82) is 0 Å². The number of hydrogen-bond donors (Lipinski definition) is 2. The largest absolute Gasteiger partial charge is 0.480 e. The zero-order valence-electron chi connectivity index (χ0n) is 10.6. The minimum atomic E-state index is -4.56. The highest BCUT2D eigenvalue weighted by molar-refractivity contribution is 5.71. The van der Waals surface area contributed by atoms with Gasteiger partial charge in [0.25, 0.3) is 0 Å². The van der Waals surface area contributed by atoms with E-state index in [1.165, 1.54) is 0 Å². The molecule has 1 aromatic heterocycles. The maximum atomic E-state index is 13.1. The number of rotatable bonds is 3. The summed E-state index contributed by atoms with van der Waals surface area (Å²) in [5, 5.41) is 10.9. The van der Waals surface area contributed by atoms with Crippen molar-refractivity contribution in [2.75, 3.05) is 11.9 Å². The van der Waals surface area contributed by atoms with Crippen LogP contribution in [0.15, 0.2) is 0 Å². The predicted octanol–water partition coefficient (Wildman–Crippen LogP) is 2.26. The maximum absolute atomic E-state index is 13.1. The summed E-state index contributed by atoms with van der Waals surface area (Å²) in [5.41, 5.74) is -0.425. The highest BCUT2D eigenvalue weighted by Gasteiger charge is 2.37. The Morgan fingerprint density at radius 2 is 1.90 bits per heavy atom. The number of carbonyl (C=O) groups is 1. The van der Waals surface area contributed by atoms with E-state index >= 15 is 0 Å². The Bertz CT molecular complexity index is 517. The number of carboxylic acids is 1. The van der Waals surface area contributed by atoms with Crippen molar-refractivity contribution in [1.82, 2.24) is 9.97 Å². The lowest BCUT2D eigenvalue weighted by atomic mass is 10.1. The fourth-order valence-electron chi connectivity index (χ4n) is 2.24. The van der Waals surface area contributed by atoms with Crippen molar-refractivity contribution in [3.63, 3.8) is 0 Å². The van der Waals surface area contributed by atoms with Gasteiger partial charge in [0.2, 0.25) is 5.95 Å². The molecule has 0 spiro atoms. The van der Waals surface area contributed by atoms with Gasteiger partial charge in [0.1, 0.15) is 6.54 Å². The Morgan fingerprint density at radius 3 is 2.55 bits per heavy atom. The van der Waals surface area contributed by atoms with E-state index in [4.69, 9.17) is 5.11 Å². The molecular weight excluding hydrogens is 275 g/mol. The third-order valence-electron chi connectivity index (χ3n) is 3.10. The molecule has 2 N–H and O–H groups in total. The first-order valence-corrected chi connectivity index (χ1v) is 6.30. The number of fused-ring (bicyclic) bond motifs is 1. The van der Waals surface area contributed by atoms with Crippen LogP contribution in [0, 0.1) is 0 Å². The summed E-state index contributed by atoms with van der Waals surface area (Å²) in [7, 11) is 0. The fourth-order valence-corrected chi connectivity index (χ4v) is 2.24. The molecule has 0 atom stereocenters. The lowest BCUT2D eigenvalue weighted by Crippen LogP contribution is -2.20. The first-order valence-electron chi connectivity index (χ1n) is 6.30. The van der Waals surface area contributed by atoms with E-state index in [0.29, 0.717) is 25.0 Å². The van der Waals surface area contributed by atoms with Gasteiger partial charge in [0.05, 0.1) is 0 Å². The number of aromatic nitrogens is 2. The maximum Gasteiger partial charge on any atom is 0.433 e. The molecular formula is C12H14F3N3O2. The topological polar surface area (TPSA) is 75.1 Å². The summed E-state index contributed by atoms with van der Waals surface area (Å²) in [4.78, 5) is 18.0. The lowest BCUT2D eigenvalue weighted by molar-refractivity contribution is -0.141. The standard InChI is InChI=1S/C12H14F3N3O2/c13-12(14,15)10-7-4-2-1-3-5-8(7)17-11(18-10)16-6-9(19)20/h1-6H2,(H,19,20)(H,16,17,18). The van der Waals surface area contributed by atoms with Crippen LogP contribution in [0.2, 0.25) is 0 Å². The van der Waals surface area contributed by atoms with E-state index in [0.717, 1.165) is 12.8 Å². The van der Waals surface area contributed by atoms with E-state index in [9.17, 15) is 18.0 Å². The molecule has 1 aromatic rings. The van der Waals surface area contributed by atoms with Gasteiger partial charge in [-0.3, -0.25) is 4.79 Å². The predicted molar refractivity (Wildman–Crippen MR) is 64.4 cm³/mol. The highest BCUT2D eigenvalue weighted by atomic mass is 19.4.